The molecule has 1 amide bonds. The summed E-state index contributed by atoms with van der Waals surface area (Å²) in [6.45, 7) is 1.92. The van der Waals surface area contributed by atoms with Gasteiger partial charge in [-0.05, 0) is 30.7 Å². The van der Waals surface area contributed by atoms with Crippen LogP contribution >= 0.6 is 22.9 Å². The lowest BCUT2D eigenvalue weighted by atomic mass is 10.1. The van der Waals surface area contributed by atoms with E-state index in [9.17, 15) is 4.79 Å². The summed E-state index contributed by atoms with van der Waals surface area (Å²) in [4.78, 5) is 13.3. The molecule has 0 bridgehead atoms. The van der Waals surface area contributed by atoms with Gasteiger partial charge in [-0.15, -0.1) is 11.3 Å². The van der Waals surface area contributed by atoms with Gasteiger partial charge in [-0.2, -0.15) is 0 Å². The average Bonchev–Trinajstić information content (AvgIpc) is 3.02. The smallest absolute Gasteiger partial charge is 0.263 e. The summed E-state index contributed by atoms with van der Waals surface area (Å²) in [7, 11) is 4.75. The number of fused-ring (bicyclic) bond motifs is 1. The van der Waals surface area contributed by atoms with Crippen molar-refractivity contribution in [2.24, 2.45) is 0 Å². The minimum Gasteiger partial charge on any atom is -0.497 e. The predicted molar refractivity (Wildman–Crippen MR) is 109 cm³/mol. The zero-order valence-corrected chi connectivity index (χ0v) is 17.0. The van der Waals surface area contributed by atoms with Gasteiger partial charge in [0.05, 0.1) is 32.4 Å². The number of hydrogen-bond donors (Lipinski definition) is 1. The first kappa shape index (κ1) is 19.3. The van der Waals surface area contributed by atoms with Gasteiger partial charge in [0.1, 0.15) is 10.6 Å². The van der Waals surface area contributed by atoms with Gasteiger partial charge < -0.3 is 19.5 Å². The van der Waals surface area contributed by atoms with Gasteiger partial charge in [-0.1, -0.05) is 23.7 Å². The third kappa shape index (κ3) is 3.82. The normalized spacial score (nSPS) is 11.9. The predicted octanol–water partition coefficient (Wildman–Crippen LogP) is 5.07. The number of hydrogen-bond acceptors (Lipinski definition) is 5. The Hall–Kier alpha value is -2.44. The van der Waals surface area contributed by atoms with Gasteiger partial charge in [0.15, 0.2) is 11.5 Å². The fraction of sp³-hybridized carbons (Fsp3) is 0.250. The van der Waals surface area contributed by atoms with E-state index in [1.165, 1.54) is 11.3 Å². The number of benzene rings is 2. The van der Waals surface area contributed by atoms with E-state index in [4.69, 9.17) is 25.8 Å². The topological polar surface area (TPSA) is 56.8 Å². The number of amides is 1. The molecule has 1 heterocycles. The van der Waals surface area contributed by atoms with Gasteiger partial charge >= 0.3 is 0 Å². The Morgan fingerprint density at radius 3 is 2.44 bits per heavy atom. The second-order valence-corrected chi connectivity index (χ2v) is 7.35. The van der Waals surface area contributed by atoms with Crippen molar-refractivity contribution in [3.05, 3.63) is 51.9 Å². The van der Waals surface area contributed by atoms with Gasteiger partial charge in [0.2, 0.25) is 0 Å². The van der Waals surface area contributed by atoms with E-state index in [2.05, 4.69) is 5.32 Å². The second-order valence-electron chi connectivity index (χ2n) is 5.92. The Balaban J connectivity index is 1.90. The lowest BCUT2D eigenvalue weighted by molar-refractivity contribution is 0.0944. The van der Waals surface area contributed by atoms with Crippen LogP contribution < -0.4 is 19.5 Å². The Morgan fingerprint density at radius 2 is 1.78 bits per heavy atom. The molecule has 2 aromatic carbocycles. The van der Waals surface area contributed by atoms with Crippen molar-refractivity contribution < 1.29 is 19.0 Å². The molecule has 0 fully saturated rings. The molecule has 0 saturated heterocycles. The van der Waals surface area contributed by atoms with E-state index in [-0.39, 0.29) is 11.9 Å². The van der Waals surface area contributed by atoms with Crippen molar-refractivity contribution >= 4 is 38.9 Å². The number of carbonyl (C=O) groups excluding carboxylic acids is 1. The van der Waals surface area contributed by atoms with E-state index in [1.54, 1.807) is 27.4 Å². The molecular formula is C20H20ClNO4S. The minimum atomic E-state index is -0.227. The molecule has 1 atom stereocenters. The highest BCUT2D eigenvalue weighted by atomic mass is 35.5. The molecular weight excluding hydrogens is 386 g/mol. The first-order chi connectivity index (χ1) is 13.0. The third-order valence-electron chi connectivity index (χ3n) is 4.28. The molecule has 0 aliphatic carbocycles. The summed E-state index contributed by atoms with van der Waals surface area (Å²) in [5.74, 6) is 1.68. The highest BCUT2D eigenvalue weighted by Crippen LogP contribution is 2.41. The molecule has 5 nitrogen and oxygen atoms in total. The number of rotatable bonds is 6. The molecule has 27 heavy (non-hydrogen) atoms. The summed E-state index contributed by atoms with van der Waals surface area (Å²) < 4.78 is 16.7. The van der Waals surface area contributed by atoms with Crippen LogP contribution in [-0.4, -0.2) is 27.2 Å². The first-order valence-electron chi connectivity index (χ1n) is 8.27. The summed E-state index contributed by atoms with van der Waals surface area (Å²) in [5.41, 5.74) is 0.947. The van der Waals surface area contributed by atoms with Crippen LogP contribution in [0.5, 0.6) is 17.2 Å². The summed E-state index contributed by atoms with van der Waals surface area (Å²) in [5, 5.41) is 4.16. The summed E-state index contributed by atoms with van der Waals surface area (Å²) in [6, 6.07) is 11.0. The number of carbonyl (C=O) groups is 1. The second kappa shape index (κ2) is 8.06. The lowest BCUT2D eigenvalue weighted by Crippen LogP contribution is -2.26. The largest absolute Gasteiger partial charge is 0.497 e. The van der Waals surface area contributed by atoms with Crippen LogP contribution in [0.1, 0.15) is 28.2 Å². The SMILES string of the molecule is COc1cccc([C@H](C)NC(=O)c2sc3cc(OC)c(OC)cc3c2Cl)c1. The van der Waals surface area contributed by atoms with Crippen LogP contribution in [0, 0.1) is 0 Å². The van der Waals surface area contributed by atoms with Crippen molar-refractivity contribution in [1.29, 1.82) is 0 Å². The lowest BCUT2D eigenvalue weighted by Gasteiger charge is -2.14. The molecule has 0 unspecified atom stereocenters. The molecule has 0 saturated carbocycles. The monoisotopic (exact) mass is 405 g/mol. The maximum Gasteiger partial charge on any atom is 0.263 e. The quantitative estimate of drug-likeness (QED) is 0.621. The molecule has 7 heteroatoms. The zero-order chi connectivity index (χ0) is 19.6. The fourth-order valence-electron chi connectivity index (χ4n) is 2.80. The van der Waals surface area contributed by atoms with Crippen LogP contribution in [0.25, 0.3) is 10.1 Å². The van der Waals surface area contributed by atoms with Crippen LogP contribution in [0.2, 0.25) is 5.02 Å². The molecule has 1 N–H and O–H groups in total. The van der Waals surface area contributed by atoms with E-state index in [0.29, 0.717) is 21.4 Å². The average molecular weight is 406 g/mol. The standard InChI is InChI=1S/C20H20ClNO4S/c1-11(12-6-5-7-13(8-12)24-2)22-20(23)19-18(21)14-9-15(25-3)16(26-4)10-17(14)27-19/h5-11H,1-4H3,(H,22,23)/t11-/m0/s1. The Kier molecular flexibility index (Phi) is 5.77. The van der Waals surface area contributed by atoms with Crippen molar-refractivity contribution in [2.75, 3.05) is 21.3 Å². The number of nitrogens with one attached hydrogen (secondary N) is 1. The van der Waals surface area contributed by atoms with Crippen LogP contribution in [0.3, 0.4) is 0 Å². The molecule has 0 spiro atoms. The first-order valence-corrected chi connectivity index (χ1v) is 9.46. The van der Waals surface area contributed by atoms with E-state index < -0.39 is 0 Å². The van der Waals surface area contributed by atoms with Crippen molar-refractivity contribution in [3.63, 3.8) is 0 Å². The van der Waals surface area contributed by atoms with Gasteiger partial charge in [-0.25, -0.2) is 0 Å². The van der Waals surface area contributed by atoms with Crippen molar-refractivity contribution in [3.8, 4) is 17.2 Å². The summed E-state index contributed by atoms with van der Waals surface area (Å²) >= 11 is 7.81. The highest BCUT2D eigenvalue weighted by molar-refractivity contribution is 7.21. The number of thiophene rings is 1. The van der Waals surface area contributed by atoms with Crippen LogP contribution in [0.4, 0.5) is 0 Å². The molecule has 142 valence electrons. The molecule has 3 rings (SSSR count). The van der Waals surface area contributed by atoms with Crippen molar-refractivity contribution in [1.82, 2.24) is 5.32 Å². The molecule has 1 aromatic heterocycles. The Bertz CT molecular complexity index is 986. The molecule has 0 aliphatic rings. The number of methoxy groups -OCH3 is 3. The van der Waals surface area contributed by atoms with E-state index in [1.807, 2.05) is 37.3 Å². The van der Waals surface area contributed by atoms with E-state index >= 15 is 0 Å². The zero-order valence-electron chi connectivity index (χ0n) is 15.5. The minimum absolute atomic E-state index is 0.196. The number of halogens is 1. The van der Waals surface area contributed by atoms with Crippen molar-refractivity contribution in [2.45, 2.75) is 13.0 Å². The number of ether oxygens (including phenoxy) is 3. The van der Waals surface area contributed by atoms with Crippen LogP contribution in [-0.2, 0) is 0 Å². The molecule has 3 aromatic rings. The molecule has 0 radical (unpaired) electrons. The maximum atomic E-state index is 12.8. The fourth-order valence-corrected chi connectivity index (χ4v) is 4.22. The summed E-state index contributed by atoms with van der Waals surface area (Å²) in [6.07, 6.45) is 0. The van der Waals surface area contributed by atoms with Crippen LogP contribution in [0.15, 0.2) is 36.4 Å². The highest BCUT2D eigenvalue weighted by Gasteiger charge is 2.21. The molecule has 0 aliphatic heterocycles. The third-order valence-corrected chi connectivity index (χ3v) is 5.94. The maximum absolute atomic E-state index is 12.8. The van der Waals surface area contributed by atoms with Gasteiger partial charge in [0.25, 0.3) is 5.91 Å². The van der Waals surface area contributed by atoms with Gasteiger partial charge in [0, 0.05) is 16.2 Å². The van der Waals surface area contributed by atoms with E-state index in [0.717, 1.165) is 21.4 Å². The Labute approximate surface area is 166 Å². The van der Waals surface area contributed by atoms with Gasteiger partial charge in [-0.3, -0.25) is 4.79 Å². The Morgan fingerprint density at radius 1 is 1.07 bits per heavy atom.